The number of halogens is 1. The second-order valence-electron chi connectivity index (χ2n) is 3.53. The van der Waals surface area contributed by atoms with E-state index in [0.717, 1.165) is 0 Å². The summed E-state index contributed by atoms with van der Waals surface area (Å²) in [4.78, 5) is 0. The van der Waals surface area contributed by atoms with Crippen LogP contribution in [0.15, 0.2) is 42.5 Å². The minimum Gasteiger partial charge on any atom is -0.508 e. The predicted octanol–water partition coefficient (Wildman–Crippen LogP) is 2.82. The summed E-state index contributed by atoms with van der Waals surface area (Å²) in [5.74, 6) is -0.441. The molecule has 0 aliphatic rings. The average molecular weight is 234 g/mol. The Bertz CT molecular complexity index is 526. The second kappa shape index (κ2) is 4.74. The van der Waals surface area contributed by atoms with Crippen LogP contribution in [0, 0.1) is 5.82 Å². The minimum atomic E-state index is -0.453. The van der Waals surface area contributed by atoms with Crippen molar-refractivity contribution in [1.82, 2.24) is 0 Å². The Kier molecular flexibility index (Phi) is 3.14. The van der Waals surface area contributed by atoms with Crippen LogP contribution < -0.4 is 4.74 Å². The van der Waals surface area contributed by atoms with Crippen molar-refractivity contribution in [2.45, 2.75) is 6.61 Å². The molecule has 4 heteroatoms. The van der Waals surface area contributed by atoms with Gasteiger partial charge in [-0.2, -0.15) is 0 Å². The quantitative estimate of drug-likeness (QED) is 0.858. The molecule has 3 nitrogen and oxygen atoms in total. The molecule has 0 aliphatic carbocycles. The molecule has 0 unspecified atom stereocenters. The third-order valence-corrected chi connectivity index (χ3v) is 2.29. The highest BCUT2D eigenvalue weighted by molar-refractivity contribution is 5.38. The number of phenols is 2. The van der Waals surface area contributed by atoms with Crippen LogP contribution in [0.3, 0.4) is 0 Å². The molecular weight excluding hydrogens is 223 g/mol. The third-order valence-electron chi connectivity index (χ3n) is 2.29. The molecule has 0 saturated carbocycles. The molecule has 2 rings (SSSR count). The Labute approximate surface area is 97.7 Å². The zero-order chi connectivity index (χ0) is 12.3. The summed E-state index contributed by atoms with van der Waals surface area (Å²) in [5, 5.41) is 18.6. The standard InChI is InChI=1S/C13H11FO3/c14-11-3-1-2-4-13(11)17-8-9-5-6-10(15)7-12(9)16/h1-7,15-16H,8H2. The van der Waals surface area contributed by atoms with Gasteiger partial charge in [-0.25, -0.2) is 4.39 Å². The van der Waals surface area contributed by atoms with E-state index in [1.165, 1.54) is 30.3 Å². The number of rotatable bonds is 3. The van der Waals surface area contributed by atoms with Crippen LogP contribution in [-0.4, -0.2) is 10.2 Å². The molecule has 0 saturated heterocycles. The number of para-hydroxylation sites is 1. The maximum Gasteiger partial charge on any atom is 0.165 e. The molecular formula is C13H11FO3. The Morgan fingerprint density at radius 1 is 1.06 bits per heavy atom. The molecule has 0 aliphatic heterocycles. The number of benzene rings is 2. The first-order valence-electron chi connectivity index (χ1n) is 5.05. The van der Waals surface area contributed by atoms with Gasteiger partial charge in [0.25, 0.3) is 0 Å². The van der Waals surface area contributed by atoms with Crippen LogP contribution in [0.1, 0.15) is 5.56 Å². The molecule has 2 aromatic carbocycles. The van der Waals surface area contributed by atoms with Gasteiger partial charge in [0.15, 0.2) is 11.6 Å². The van der Waals surface area contributed by atoms with E-state index in [-0.39, 0.29) is 23.9 Å². The zero-order valence-corrected chi connectivity index (χ0v) is 8.93. The molecule has 0 fully saturated rings. The zero-order valence-electron chi connectivity index (χ0n) is 8.93. The summed E-state index contributed by atoms with van der Waals surface area (Å²) in [6, 6.07) is 10.2. The fourth-order valence-electron chi connectivity index (χ4n) is 1.39. The van der Waals surface area contributed by atoms with Gasteiger partial charge in [0.05, 0.1) is 0 Å². The normalized spacial score (nSPS) is 10.2. The lowest BCUT2D eigenvalue weighted by atomic mass is 10.2. The molecule has 0 atom stereocenters. The topological polar surface area (TPSA) is 49.7 Å². The number of hydrogen-bond donors (Lipinski definition) is 2. The summed E-state index contributed by atoms with van der Waals surface area (Å²) in [5.41, 5.74) is 0.478. The average Bonchev–Trinajstić information content (AvgIpc) is 2.30. The van der Waals surface area contributed by atoms with Gasteiger partial charge in [0, 0.05) is 11.6 Å². The van der Waals surface area contributed by atoms with Gasteiger partial charge in [-0.1, -0.05) is 12.1 Å². The van der Waals surface area contributed by atoms with E-state index in [1.54, 1.807) is 12.1 Å². The van der Waals surface area contributed by atoms with E-state index in [4.69, 9.17) is 9.84 Å². The van der Waals surface area contributed by atoms with Crippen LogP contribution in [0.5, 0.6) is 17.2 Å². The second-order valence-corrected chi connectivity index (χ2v) is 3.53. The van der Waals surface area contributed by atoms with Crippen molar-refractivity contribution in [2.75, 3.05) is 0 Å². The maximum atomic E-state index is 13.2. The number of ether oxygens (including phenoxy) is 1. The largest absolute Gasteiger partial charge is 0.508 e. The molecule has 2 N–H and O–H groups in total. The van der Waals surface area contributed by atoms with Crippen molar-refractivity contribution in [3.63, 3.8) is 0 Å². The first-order chi connectivity index (χ1) is 8.16. The van der Waals surface area contributed by atoms with Crippen LogP contribution in [0.2, 0.25) is 0 Å². The molecule has 17 heavy (non-hydrogen) atoms. The summed E-state index contributed by atoms with van der Waals surface area (Å²) < 4.78 is 18.5. The molecule has 0 amide bonds. The molecule has 0 spiro atoms. The predicted molar refractivity (Wildman–Crippen MR) is 60.5 cm³/mol. The first kappa shape index (κ1) is 11.3. The van der Waals surface area contributed by atoms with Gasteiger partial charge in [0.2, 0.25) is 0 Å². The third kappa shape index (κ3) is 2.66. The summed E-state index contributed by atoms with van der Waals surface area (Å²) in [6.45, 7) is 0.0348. The van der Waals surface area contributed by atoms with Crippen LogP contribution in [0.4, 0.5) is 4.39 Å². The fourth-order valence-corrected chi connectivity index (χ4v) is 1.39. The van der Waals surface area contributed by atoms with Crippen molar-refractivity contribution < 1.29 is 19.3 Å². The van der Waals surface area contributed by atoms with Crippen LogP contribution in [0.25, 0.3) is 0 Å². The number of phenolic OH excluding ortho intramolecular Hbond substituents is 2. The molecule has 0 radical (unpaired) electrons. The summed E-state index contributed by atoms with van der Waals surface area (Å²) >= 11 is 0. The van der Waals surface area contributed by atoms with Gasteiger partial charge >= 0.3 is 0 Å². The first-order valence-corrected chi connectivity index (χ1v) is 5.05. The lowest BCUT2D eigenvalue weighted by Crippen LogP contribution is -1.97. The highest BCUT2D eigenvalue weighted by atomic mass is 19.1. The summed E-state index contributed by atoms with van der Waals surface area (Å²) in [6.07, 6.45) is 0. The Morgan fingerprint density at radius 2 is 1.82 bits per heavy atom. The van der Waals surface area contributed by atoms with Crippen molar-refractivity contribution >= 4 is 0 Å². The van der Waals surface area contributed by atoms with Gasteiger partial charge < -0.3 is 14.9 Å². The Balaban J connectivity index is 2.10. The van der Waals surface area contributed by atoms with Crippen molar-refractivity contribution in [1.29, 1.82) is 0 Å². The fraction of sp³-hybridized carbons (Fsp3) is 0.0769. The van der Waals surface area contributed by atoms with Crippen molar-refractivity contribution in [2.24, 2.45) is 0 Å². The Hall–Kier alpha value is -2.23. The number of hydrogen-bond acceptors (Lipinski definition) is 3. The highest BCUT2D eigenvalue weighted by Crippen LogP contribution is 2.24. The van der Waals surface area contributed by atoms with E-state index in [0.29, 0.717) is 5.56 Å². The maximum absolute atomic E-state index is 13.2. The van der Waals surface area contributed by atoms with E-state index in [9.17, 15) is 9.50 Å². The van der Waals surface area contributed by atoms with Crippen LogP contribution >= 0.6 is 0 Å². The Morgan fingerprint density at radius 3 is 2.53 bits per heavy atom. The SMILES string of the molecule is Oc1ccc(COc2ccccc2F)c(O)c1. The van der Waals surface area contributed by atoms with Crippen LogP contribution in [-0.2, 0) is 6.61 Å². The van der Waals surface area contributed by atoms with Gasteiger partial charge in [-0.3, -0.25) is 0 Å². The van der Waals surface area contributed by atoms with Crippen molar-refractivity contribution in [3.8, 4) is 17.2 Å². The van der Waals surface area contributed by atoms with E-state index in [2.05, 4.69) is 0 Å². The molecule has 88 valence electrons. The van der Waals surface area contributed by atoms with E-state index in [1.807, 2.05) is 0 Å². The lowest BCUT2D eigenvalue weighted by Gasteiger charge is -2.08. The van der Waals surface area contributed by atoms with Crippen molar-refractivity contribution in [3.05, 3.63) is 53.8 Å². The molecule has 0 heterocycles. The molecule has 0 aromatic heterocycles. The lowest BCUT2D eigenvalue weighted by molar-refractivity contribution is 0.284. The summed E-state index contributed by atoms with van der Waals surface area (Å²) in [7, 11) is 0. The minimum absolute atomic E-state index is 0.0304. The smallest absolute Gasteiger partial charge is 0.165 e. The highest BCUT2D eigenvalue weighted by Gasteiger charge is 2.05. The van der Waals surface area contributed by atoms with Gasteiger partial charge in [-0.15, -0.1) is 0 Å². The van der Waals surface area contributed by atoms with E-state index >= 15 is 0 Å². The van der Waals surface area contributed by atoms with Gasteiger partial charge in [-0.05, 0) is 24.3 Å². The molecule has 0 bridgehead atoms. The monoisotopic (exact) mass is 234 g/mol. The van der Waals surface area contributed by atoms with E-state index < -0.39 is 5.82 Å². The number of aromatic hydroxyl groups is 2. The molecule has 2 aromatic rings. The van der Waals surface area contributed by atoms with Gasteiger partial charge in [0.1, 0.15) is 18.1 Å².